The molecule has 0 saturated heterocycles. The van der Waals surface area contributed by atoms with Crippen LogP contribution in [-0.4, -0.2) is 24.2 Å². The maximum atomic E-state index is 13.0. The minimum atomic E-state index is -4.18. The third kappa shape index (κ3) is 4.04. The van der Waals surface area contributed by atoms with Gasteiger partial charge in [0.25, 0.3) is 5.69 Å². The Kier molecular flexibility index (Phi) is 5.56. The Morgan fingerprint density at radius 2 is 2.00 bits per heavy atom. The van der Waals surface area contributed by atoms with Gasteiger partial charge < -0.3 is 4.42 Å². The molecule has 132 valence electrons. The molecule has 0 unspecified atom stereocenters. The van der Waals surface area contributed by atoms with Gasteiger partial charge in [-0.2, -0.15) is 9.57 Å². The summed E-state index contributed by atoms with van der Waals surface area (Å²) in [6, 6.07) is 7.65. The molecule has 1 aromatic heterocycles. The Balaban J connectivity index is 2.54. The zero-order valence-corrected chi connectivity index (χ0v) is 14.6. The van der Waals surface area contributed by atoms with Crippen LogP contribution in [0.15, 0.2) is 39.8 Å². The lowest BCUT2D eigenvalue weighted by Crippen LogP contribution is -2.32. The highest BCUT2D eigenvalue weighted by Crippen LogP contribution is 2.30. The minimum absolute atomic E-state index is 0.0431. The molecule has 0 aliphatic rings. The molecule has 2 rings (SSSR count). The van der Waals surface area contributed by atoms with Gasteiger partial charge in [0.05, 0.1) is 23.8 Å². The normalized spacial score (nSPS) is 11.4. The molecule has 25 heavy (non-hydrogen) atoms. The van der Waals surface area contributed by atoms with Gasteiger partial charge in [0.1, 0.15) is 5.76 Å². The van der Waals surface area contributed by atoms with Crippen molar-refractivity contribution in [2.24, 2.45) is 0 Å². The van der Waals surface area contributed by atoms with Crippen molar-refractivity contribution in [2.75, 3.05) is 6.54 Å². The number of hydrogen-bond acceptors (Lipinski definition) is 6. The highest BCUT2D eigenvalue weighted by molar-refractivity contribution is 7.89. The van der Waals surface area contributed by atoms with Crippen LogP contribution in [0.4, 0.5) is 5.69 Å². The van der Waals surface area contributed by atoms with E-state index in [0.29, 0.717) is 16.9 Å². The number of nitro groups is 1. The molecule has 0 saturated carbocycles. The standard InChI is InChI=1S/C16H17N3O5S/c1-12-9-15(19(20)21)16(10-13(12)2)25(22,23)18(7-4-6-17)11-14-5-3-8-24-14/h3,5,8-10H,4,7,11H2,1-2H3. The van der Waals surface area contributed by atoms with Crippen molar-refractivity contribution in [3.05, 3.63) is 57.5 Å². The number of nitro benzene ring substituents is 1. The van der Waals surface area contributed by atoms with Crippen LogP contribution < -0.4 is 0 Å². The number of nitriles is 1. The van der Waals surface area contributed by atoms with Gasteiger partial charge in [0.2, 0.25) is 10.0 Å². The third-order valence-corrected chi connectivity index (χ3v) is 5.65. The molecular weight excluding hydrogens is 346 g/mol. The van der Waals surface area contributed by atoms with E-state index in [0.717, 1.165) is 4.31 Å². The first-order valence-electron chi connectivity index (χ1n) is 7.42. The van der Waals surface area contributed by atoms with Crippen LogP contribution in [0, 0.1) is 35.3 Å². The van der Waals surface area contributed by atoms with E-state index >= 15 is 0 Å². The van der Waals surface area contributed by atoms with Crippen LogP contribution in [-0.2, 0) is 16.6 Å². The summed E-state index contributed by atoms with van der Waals surface area (Å²) in [4.78, 5) is 10.2. The summed E-state index contributed by atoms with van der Waals surface area (Å²) >= 11 is 0. The summed E-state index contributed by atoms with van der Waals surface area (Å²) in [5.41, 5.74) is 0.771. The Morgan fingerprint density at radius 1 is 1.32 bits per heavy atom. The highest BCUT2D eigenvalue weighted by atomic mass is 32.2. The molecule has 0 atom stereocenters. The smallest absolute Gasteiger partial charge is 0.289 e. The average molecular weight is 363 g/mol. The second-order valence-corrected chi connectivity index (χ2v) is 7.39. The molecule has 2 aromatic rings. The van der Waals surface area contributed by atoms with E-state index < -0.39 is 20.6 Å². The average Bonchev–Trinajstić information content (AvgIpc) is 3.06. The van der Waals surface area contributed by atoms with Crippen molar-refractivity contribution in [3.8, 4) is 6.07 Å². The lowest BCUT2D eigenvalue weighted by Gasteiger charge is -2.20. The predicted molar refractivity (Wildman–Crippen MR) is 89.1 cm³/mol. The zero-order chi connectivity index (χ0) is 18.6. The molecule has 0 bridgehead atoms. The Morgan fingerprint density at radius 3 is 2.56 bits per heavy atom. The van der Waals surface area contributed by atoms with E-state index in [4.69, 9.17) is 9.68 Å². The van der Waals surface area contributed by atoms with Crippen molar-refractivity contribution in [2.45, 2.75) is 31.7 Å². The van der Waals surface area contributed by atoms with E-state index in [1.165, 1.54) is 18.4 Å². The molecule has 0 amide bonds. The van der Waals surface area contributed by atoms with Gasteiger partial charge in [-0.1, -0.05) is 0 Å². The molecule has 0 aliphatic carbocycles. The number of rotatable bonds is 7. The summed E-state index contributed by atoms with van der Waals surface area (Å²) in [6.45, 7) is 3.16. The van der Waals surface area contributed by atoms with E-state index in [2.05, 4.69) is 0 Å². The molecule has 0 spiro atoms. The van der Waals surface area contributed by atoms with E-state index in [-0.39, 0.29) is 24.4 Å². The fourth-order valence-electron chi connectivity index (χ4n) is 2.30. The van der Waals surface area contributed by atoms with Gasteiger partial charge in [0.15, 0.2) is 4.90 Å². The van der Waals surface area contributed by atoms with Gasteiger partial charge in [-0.3, -0.25) is 10.1 Å². The van der Waals surface area contributed by atoms with E-state index in [1.807, 2.05) is 6.07 Å². The molecule has 9 heteroatoms. The molecule has 1 aromatic carbocycles. The number of aryl methyl sites for hydroxylation is 2. The van der Waals surface area contributed by atoms with Crippen LogP contribution >= 0.6 is 0 Å². The topological polar surface area (TPSA) is 117 Å². The van der Waals surface area contributed by atoms with Gasteiger partial charge in [0, 0.05) is 19.0 Å². The molecule has 0 N–H and O–H groups in total. The van der Waals surface area contributed by atoms with Crippen LogP contribution in [0.25, 0.3) is 0 Å². The predicted octanol–water partition coefficient (Wildman–Crippen LogP) is 2.91. The summed E-state index contributed by atoms with van der Waals surface area (Å²) in [5.74, 6) is 0.382. The Hall–Kier alpha value is -2.70. The second-order valence-electron chi connectivity index (χ2n) is 5.49. The third-order valence-electron chi connectivity index (χ3n) is 3.78. The minimum Gasteiger partial charge on any atom is -0.468 e. The number of hydrogen-bond donors (Lipinski definition) is 0. The first-order chi connectivity index (χ1) is 11.8. The number of benzene rings is 1. The number of nitrogens with zero attached hydrogens (tertiary/aromatic N) is 3. The molecule has 0 radical (unpaired) electrons. The van der Waals surface area contributed by atoms with Gasteiger partial charge in [-0.05, 0) is 43.2 Å². The molecule has 1 heterocycles. The molecular formula is C16H17N3O5S. The van der Waals surface area contributed by atoms with Crippen molar-refractivity contribution < 1.29 is 17.8 Å². The lowest BCUT2D eigenvalue weighted by molar-refractivity contribution is -0.387. The van der Waals surface area contributed by atoms with E-state index in [9.17, 15) is 18.5 Å². The fourth-order valence-corrected chi connectivity index (χ4v) is 3.93. The Bertz CT molecular complexity index is 914. The van der Waals surface area contributed by atoms with Crippen molar-refractivity contribution in [1.29, 1.82) is 5.26 Å². The molecule has 0 fully saturated rings. The largest absolute Gasteiger partial charge is 0.468 e. The zero-order valence-electron chi connectivity index (χ0n) is 13.8. The van der Waals surface area contributed by atoms with Gasteiger partial charge in [-0.25, -0.2) is 8.42 Å². The summed E-state index contributed by atoms with van der Waals surface area (Å²) in [7, 11) is -4.18. The van der Waals surface area contributed by atoms with Gasteiger partial charge in [-0.15, -0.1) is 0 Å². The lowest BCUT2D eigenvalue weighted by atomic mass is 10.1. The van der Waals surface area contributed by atoms with Gasteiger partial charge >= 0.3 is 0 Å². The van der Waals surface area contributed by atoms with E-state index in [1.54, 1.807) is 26.0 Å². The highest BCUT2D eigenvalue weighted by Gasteiger charge is 2.32. The van der Waals surface area contributed by atoms with Crippen LogP contribution in [0.2, 0.25) is 0 Å². The Labute approximate surface area is 145 Å². The quantitative estimate of drug-likeness (QED) is 0.551. The van der Waals surface area contributed by atoms with Crippen LogP contribution in [0.5, 0.6) is 0 Å². The molecule has 8 nitrogen and oxygen atoms in total. The van der Waals surface area contributed by atoms with Crippen LogP contribution in [0.1, 0.15) is 23.3 Å². The SMILES string of the molecule is Cc1cc([N+](=O)[O-])c(S(=O)(=O)N(CCC#N)Cc2ccco2)cc1C. The fraction of sp³-hybridized carbons (Fsp3) is 0.312. The monoisotopic (exact) mass is 363 g/mol. The summed E-state index contributed by atoms with van der Waals surface area (Å²) in [6.07, 6.45) is 1.36. The summed E-state index contributed by atoms with van der Waals surface area (Å²) < 4.78 is 32.2. The second kappa shape index (κ2) is 7.46. The van der Waals surface area contributed by atoms with Crippen LogP contribution in [0.3, 0.4) is 0 Å². The van der Waals surface area contributed by atoms with Crippen molar-refractivity contribution >= 4 is 15.7 Å². The van der Waals surface area contributed by atoms with Crippen molar-refractivity contribution in [3.63, 3.8) is 0 Å². The number of furan rings is 1. The number of sulfonamides is 1. The first-order valence-corrected chi connectivity index (χ1v) is 8.86. The summed E-state index contributed by atoms with van der Waals surface area (Å²) in [5, 5.41) is 20.1. The maximum Gasteiger partial charge on any atom is 0.289 e. The molecule has 0 aliphatic heterocycles. The maximum absolute atomic E-state index is 13.0. The first kappa shape index (κ1) is 18.6. The van der Waals surface area contributed by atoms with Crippen molar-refractivity contribution in [1.82, 2.24) is 4.31 Å².